The standard InChI is InChI=1S/C37H32FN5O4/c38-31-8-4-7-30(22-31)37(45)43(23-26-9-15-33-34(21-26)47-25-46-33)24-36(44)42-19-17-41(18-20-42)35-16-14-32(39-40-35)29-12-10-28(11-13-29)27-5-2-1-3-6-27/h1-16,21-22H,17-20,23-25H2. The second kappa shape index (κ2) is 13.3. The predicted octanol–water partition coefficient (Wildman–Crippen LogP) is 5.67. The first-order valence-corrected chi connectivity index (χ1v) is 15.5. The van der Waals surface area contributed by atoms with Gasteiger partial charge >= 0.3 is 0 Å². The lowest BCUT2D eigenvalue weighted by atomic mass is 10.0. The third kappa shape index (κ3) is 6.76. The van der Waals surface area contributed by atoms with Crippen LogP contribution in [0.1, 0.15) is 15.9 Å². The molecule has 5 aromatic rings. The van der Waals surface area contributed by atoms with Gasteiger partial charge in [0.1, 0.15) is 12.4 Å². The van der Waals surface area contributed by atoms with Crippen molar-refractivity contribution in [3.05, 3.63) is 126 Å². The van der Waals surface area contributed by atoms with Crippen LogP contribution in [0.3, 0.4) is 0 Å². The molecule has 2 aliphatic heterocycles. The van der Waals surface area contributed by atoms with Crippen molar-refractivity contribution in [2.45, 2.75) is 6.54 Å². The maximum Gasteiger partial charge on any atom is 0.254 e. The molecule has 10 heteroatoms. The summed E-state index contributed by atoms with van der Waals surface area (Å²) >= 11 is 0. The third-order valence-corrected chi connectivity index (χ3v) is 8.39. The molecule has 0 atom stereocenters. The number of anilines is 1. The van der Waals surface area contributed by atoms with Crippen LogP contribution in [0, 0.1) is 5.82 Å². The van der Waals surface area contributed by atoms with Crippen LogP contribution in [0.25, 0.3) is 22.4 Å². The number of rotatable bonds is 8. The summed E-state index contributed by atoms with van der Waals surface area (Å²) < 4.78 is 24.9. The quantitative estimate of drug-likeness (QED) is 0.219. The van der Waals surface area contributed by atoms with Crippen molar-refractivity contribution in [3.63, 3.8) is 0 Å². The molecule has 0 aliphatic carbocycles. The molecule has 7 rings (SSSR count). The Kier molecular flexibility index (Phi) is 8.46. The first kappa shape index (κ1) is 29.9. The Balaban J connectivity index is 0.985. The summed E-state index contributed by atoms with van der Waals surface area (Å²) in [7, 11) is 0. The fourth-order valence-corrected chi connectivity index (χ4v) is 5.82. The van der Waals surface area contributed by atoms with Crippen LogP contribution in [-0.2, 0) is 11.3 Å². The van der Waals surface area contributed by atoms with Crippen molar-refractivity contribution in [2.24, 2.45) is 0 Å². The first-order valence-electron chi connectivity index (χ1n) is 15.5. The van der Waals surface area contributed by atoms with E-state index in [1.54, 1.807) is 23.1 Å². The Bertz CT molecular complexity index is 1880. The number of amides is 2. The van der Waals surface area contributed by atoms with Crippen molar-refractivity contribution in [2.75, 3.05) is 44.4 Å². The van der Waals surface area contributed by atoms with Crippen LogP contribution in [-0.4, -0.2) is 71.3 Å². The van der Waals surface area contributed by atoms with Gasteiger partial charge in [0.25, 0.3) is 5.91 Å². The lowest BCUT2D eigenvalue weighted by molar-refractivity contribution is -0.132. The van der Waals surface area contributed by atoms with E-state index in [1.807, 2.05) is 48.5 Å². The molecule has 4 aromatic carbocycles. The highest BCUT2D eigenvalue weighted by Gasteiger charge is 2.27. The second-order valence-electron chi connectivity index (χ2n) is 11.4. The van der Waals surface area contributed by atoms with Crippen LogP contribution in [0.4, 0.5) is 10.2 Å². The number of piperazine rings is 1. The smallest absolute Gasteiger partial charge is 0.254 e. The van der Waals surface area contributed by atoms with Crippen molar-refractivity contribution < 1.29 is 23.5 Å². The topological polar surface area (TPSA) is 88.1 Å². The van der Waals surface area contributed by atoms with Crippen LogP contribution in [0.5, 0.6) is 11.5 Å². The van der Waals surface area contributed by atoms with Gasteiger partial charge in [-0.15, -0.1) is 10.2 Å². The van der Waals surface area contributed by atoms with Gasteiger partial charge in [0, 0.05) is 43.9 Å². The number of aromatic nitrogens is 2. The number of hydrogen-bond donors (Lipinski definition) is 0. The van der Waals surface area contributed by atoms with E-state index in [0.29, 0.717) is 37.7 Å². The minimum atomic E-state index is -0.515. The molecule has 1 aromatic heterocycles. The molecule has 0 radical (unpaired) electrons. The molecule has 9 nitrogen and oxygen atoms in total. The summed E-state index contributed by atoms with van der Waals surface area (Å²) in [5.41, 5.74) is 5.02. The molecular formula is C37H32FN5O4. The molecule has 3 heterocycles. The zero-order valence-electron chi connectivity index (χ0n) is 25.6. The molecule has 0 unspecified atom stereocenters. The van der Waals surface area contributed by atoms with Gasteiger partial charge in [0.05, 0.1) is 5.69 Å². The van der Waals surface area contributed by atoms with E-state index in [9.17, 15) is 14.0 Å². The van der Waals surface area contributed by atoms with E-state index < -0.39 is 11.7 Å². The molecule has 47 heavy (non-hydrogen) atoms. The number of ether oxygens (including phenoxy) is 2. The number of carbonyl (C=O) groups excluding carboxylic acids is 2. The number of nitrogens with zero attached hydrogens (tertiary/aromatic N) is 5. The third-order valence-electron chi connectivity index (χ3n) is 8.39. The van der Waals surface area contributed by atoms with Crippen molar-refractivity contribution >= 4 is 17.6 Å². The van der Waals surface area contributed by atoms with Crippen molar-refractivity contribution in [1.82, 2.24) is 20.0 Å². The van der Waals surface area contributed by atoms with Gasteiger partial charge in [0.15, 0.2) is 17.3 Å². The molecule has 1 fully saturated rings. The Labute approximate surface area is 271 Å². The maximum atomic E-state index is 14.0. The molecular weight excluding hydrogens is 597 g/mol. The van der Waals surface area contributed by atoms with Crippen LogP contribution >= 0.6 is 0 Å². The van der Waals surface area contributed by atoms with Crippen molar-refractivity contribution in [1.29, 1.82) is 0 Å². The largest absolute Gasteiger partial charge is 0.454 e. The molecule has 0 N–H and O–H groups in total. The lowest BCUT2D eigenvalue weighted by Gasteiger charge is -2.36. The summed E-state index contributed by atoms with van der Waals surface area (Å²) in [5.74, 6) is 0.823. The Hall–Kier alpha value is -5.77. The van der Waals surface area contributed by atoms with Gasteiger partial charge in [-0.2, -0.15) is 0 Å². The fourth-order valence-electron chi connectivity index (χ4n) is 5.82. The number of hydrogen-bond acceptors (Lipinski definition) is 7. The lowest BCUT2D eigenvalue weighted by Crippen LogP contribution is -2.52. The number of carbonyl (C=O) groups is 2. The Morgan fingerprint density at radius 3 is 2.21 bits per heavy atom. The van der Waals surface area contributed by atoms with Gasteiger partial charge in [0.2, 0.25) is 12.7 Å². The molecule has 0 saturated carbocycles. The molecule has 1 saturated heterocycles. The summed E-state index contributed by atoms with van der Waals surface area (Å²) in [5, 5.41) is 8.96. The summed E-state index contributed by atoms with van der Waals surface area (Å²) in [4.78, 5) is 32.3. The average Bonchev–Trinajstić information content (AvgIpc) is 3.60. The minimum absolute atomic E-state index is 0.133. The number of benzene rings is 4. The summed E-state index contributed by atoms with van der Waals surface area (Å²) in [6, 6.07) is 33.3. The molecule has 0 bridgehead atoms. The van der Waals surface area contributed by atoms with Gasteiger partial charge in [-0.3, -0.25) is 9.59 Å². The molecule has 2 aliphatic rings. The van der Waals surface area contributed by atoms with Gasteiger partial charge < -0.3 is 24.2 Å². The van der Waals surface area contributed by atoms with Crippen LogP contribution in [0.15, 0.2) is 109 Å². The van der Waals surface area contributed by atoms with E-state index >= 15 is 0 Å². The van der Waals surface area contributed by atoms with Gasteiger partial charge in [-0.25, -0.2) is 4.39 Å². The zero-order chi connectivity index (χ0) is 32.2. The summed E-state index contributed by atoms with van der Waals surface area (Å²) in [6.45, 7) is 2.21. The molecule has 2 amide bonds. The minimum Gasteiger partial charge on any atom is -0.454 e. The number of halogens is 1. The highest BCUT2D eigenvalue weighted by Crippen LogP contribution is 2.33. The molecule has 0 spiro atoms. The van der Waals surface area contributed by atoms with Crippen LogP contribution in [0.2, 0.25) is 0 Å². The van der Waals surface area contributed by atoms with E-state index in [-0.39, 0.29) is 31.4 Å². The first-order chi connectivity index (χ1) is 23.0. The van der Waals surface area contributed by atoms with Gasteiger partial charge in [-0.05, 0) is 59.2 Å². The highest BCUT2D eigenvalue weighted by molar-refractivity contribution is 5.96. The molecule has 236 valence electrons. The Morgan fingerprint density at radius 1 is 0.723 bits per heavy atom. The van der Waals surface area contributed by atoms with E-state index in [0.717, 1.165) is 33.8 Å². The average molecular weight is 630 g/mol. The normalized spacial score (nSPS) is 13.8. The Morgan fingerprint density at radius 2 is 1.47 bits per heavy atom. The number of fused-ring (bicyclic) bond motifs is 1. The van der Waals surface area contributed by atoms with Crippen molar-refractivity contribution in [3.8, 4) is 33.9 Å². The maximum absolute atomic E-state index is 14.0. The van der Waals surface area contributed by atoms with Gasteiger partial charge in [-0.1, -0.05) is 66.7 Å². The van der Waals surface area contributed by atoms with E-state index in [2.05, 4.69) is 39.4 Å². The fraction of sp³-hybridized carbons (Fsp3) is 0.189. The van der Waals surface area contributed by atoms with E-state index in [1.165, 1.54) is 23.1 Å². The monoisotopic (exact) mass is 629 g/mol. The second-order valence-corrected chi connectivity index (χ2v) is 11.4. The highest BCUT2D eigenvalue weighted by atomic mass is 19.1. The SMILES string of the molecule is O=C(CN(Cc1ccc2c(c1)OCO2)C(=O)c1cccc(F)c1)N1CCN(c2ccc(-c3ccc(-c4ccccc4)cc3)nn2)CC1. The van der Waals surface area contributed by atoms with E-state index in [4.69, 9.17) is 9.47 Å². The summed E-state index contributed by atoms with van der Waals surface area (Å²) in [6.07, 6.45) is 0. The predicted molar refractivity (Wildman–Crippen MR) is 175 cm³/mol. The zero-order valence-corrected chi connectivity index (χ0v) is 25.6. The van der Waals surface area contributed by atoms with Crippen LogP contribution < -0.4 is 14.4 Å².